The van der Waals surface area contributed by atoms with Crippen molar-refractivity contribution in [1.82, 2.24) is 10.2 Å². The summed E-state index contributed by atoms with van der Waals surface area (Å²) < 4.78 is 0.931. The van der Waals surface area contributed by atoms with Crippen LogP contribution in [0.3, 0.4) is 0 Å². The molecule has 0 aliphatic carbocycles. The quantitative estimate of drug-likeness (QED) is 0.830. The van der Waals surface area contributed by atoms with E-state index < -0.39 is 0 Å². The van der Waals surface area contributed by atoms with Crippen LogP contribution in [0.5, 0.6) is 0 Å². The molecule has 1 aromatic rings. The molecule has 1 saturated heterocycles. The Labute approximate surface area is 141 Å². The van der Waals surface area contributed by atoms with Crippen molar-refractivity contribution in [3.63, 3.8) is 0 Å². The Bertz CT molecular complexity index is 484. The topological polar surface area (TPSA) is 44.4 Å². The van der Waals surface area contributed by atoms with Gasteiger partial charge in [0.05, 0.1) is 12.2 Å². The van der Waals surface area contributed by atoms with Crippen molar-refractivity contribution in [2.24, 2.45) is 5.92 Å². The van der Waals surface area contributed by atoms with Crippen LogP contribution >= 0.6 is 28.3 Å². The summed E-state index contributed by atoms with van der Waals surface area (Å²) in [6.45, 7) is 5.54. The third-order valence-corrected chi connectivity index (χ3v) is 4.28. The zero-order valence-corrected chi connectivity index (χ0v) is 14.9. The number of rotatable bonds is 5. The van der Waals surface area contributed by atoms with Crippen molar-refractivity contribution in [3.8, 4) is 0 Å². The van der Waals surface area contributed by atoms with Crippen LogP contribution in [0.1, 0.15) is 12.0 Å². The number of hydrogen-bond donors (Lipinski definition) is 2. The first-order valence-electron chi connectivity index (χ1n) is 7.01. The number of carbonyl (C=O) groups excluding carboxylic acids is 1. The molecule has 118 valence electrons. The predicted octanol–water partition coefficient (Wildman–Crippen LogP) is 2.66. The van der Waals surface area contributed by atoms with Gasteiger partial charge in [-0.1, -0.05) is 6.07 Å². The second kappa shape index (κ2) is 8.73. The molecule has 2 rings (SSSR count). The van der Waals surface area contributed by atoms with Gasteiger partial charge in [0, 0.05) is 11.0 Å². The van der Waals surface area contributed by atoms with Crippen molar-refractivity contribution in [2.45, 2.75) is 13.3 Å². The molecule has 0 bridgehead atoms. The first kappa shape index (κ1) is 18.4. The van der Waals surface area contributed by atoms with E-state index in [0.29, 0.717) is 12.5 Å². The molecule has 1 atom stereocenters. The lowest BCUT2D eigenvalue weighted by molar-refractivity contribution is -0.117. The summed E-state index contributed by atoms with van der Waals surface area (Å²) in [6.07, 6.45) is 1.17. The summed E-state index contributed by atoms with van der Waals surface area (Å²) in [5.74, 6) is 0.721. The first-order valence-corrected chi connectivity index (χ1v) is 7.80. The fourth-order valence-corrected chi connectivity index (χ4v) is 3.22. The van der Waals surface area contributed by atoms with E-state index in [4.69, 9.17) is 0 Å². The van der Waals surface area contributed by atoms with Crippen LogP contribution in [-0.4, -0.2) is 44.0 Å². The largest absolute Gasteiger partial charge is 0.324 e. The molecule has 0 spiro atoms. The van der Waals surface area contributed by atoms with Crippen molar-refractivity contribution in [3.05, 3.63) is 28.2 Å². The van der Waals surface area contributed by atoms with Crippen molar-refractivity contribution in [2.75, 3.05) is 38.5 Å². The van der Waals surface area contributed by atoms with Gasteiger partial charge in [-0.25, -0.2) is 0 Å². The summed E-state index contributed by atoms with van der Waals surface area (Å²) in [7, 11) is 1.98. The van der Waals surface area contributed by atoms with E-state index in [-0.39, 0.29) is 18.3 Å². The van der Waals surface area contributed by atoms with Gasteiger partial charge in [0.1, 0.15) is 0 Å². The Hall–Kier alpha value is -0.620. The number of benzene rings is 1. The van der Waals surface area contributed by atoms with Gasteiger partial charge < -0.3 is 10.6 Å². The van der Waals surface area contributed by atoms with Gasteiger partial charge in [0.2, 0.25) is 5.91 Å². The molecule has 4 nitrogen and oxygen atoms in total. The maximum absolute atomic E-state index is 12.1. The Morgan fingerprint density at radius 3 is 2.90 bits per heavy atom. The summed E-state index contributed by atoms with van der Waals surface area (Å²) in [5.41, 5.74) is 2.01. The molecule has 0 saturated carbocycles. The van der Waals surface area contributed by atoms with E-state index in [1.165, 1.54) is 12.0 Å². The van der Waals surface area contributed by atoms with Gasteiger partial charge in [0.25, 0.3) is 0 Å². The normalized spacial score (nSPS) is 18.3. The van der Waals surface area contributed by atoms with Crippen LogP contribution in [0.25, 0.3) is 0 Å². The molecule has 6 heteroatoms. The average molecular weight is 377 g/mol. The standard InChI is InChI=1S/C15H22BrN3O.ClH/c1-11-3-4-14(13(16)7-11)18-15(20)10-19-6-5-12(9-19)8-17-2;/h3-4,7,12,17H,5-6,8-10H2,1-2H3,(H,18,20);1H. The van der Waals surface area contributed by atoms with E-state index in [0.717, 1.165) is 29.8 Å². The summed E-state index contributed by atoms with van der Waals surface area (Å²) >= 11 is 3.48. The first-order chi connectivity index (χ1) is 9.58. The molecule has 1 amide bonds. The molecule has 1 heterocycles. The molecule has 1 unspecified atom stereocenters. The maximum Gasteiger partial charge on any atom is 0.238 e. The lowest BCUT2D eigenvalue weighted by atomic mass is 10.1. The van der Waals surface area contributed by atoms with Crippen LogP contribution in [0.15, 0.2) is 22.7 Å². The number of halogens is 2. The molecular weight excluding hydrogens is 354 g/mol. The lowest BCUT2D eigenvalue weighted by Gasteiger charge is -2.16. The highest BCUT2D eigenvalue weighted by atomic mass is 79.9. The average Bonchev–Trinajstić information content (AvgIpc) is 2.81. The lowest BCUT2D eigenvalue weighted by Crippen LogP contribution is -2.32. The molecule has 21 heavy (non-hydrogen) atoms. The highest BCUT2D eigenvalue weighted by Gasteiger charge is 2.23. The number of hydrogen-bond acceptors (Lipinski definition) is 3. The Balaban J connectivity index is 0.00000220. The number of aryl methyl sites for hydroxylation is 1. The van der Waals surface area contributed by atoms with Crippen molar-refractivity contribution in [1.29, 1.82) is 0 Å². The van der Waals surface area contributed by atoms with E-state index in [1.807, 2.05) is 32.2 Å². The monoisotopic (exact) mass is 375 g/mol. The molecular formula is C15H23BrClN3O. The van der Waals surface area contributed by atoms with Gasteiger partial charge in [-0.15, -0.1) is 12.4 Å². The minimum absolute atomic E-state index is 0. The molecule has 0 aromatic heterocycles. The number of nitrogens with one attached hydrogen (secondary N) is 2. The minimum atomic E-state index is 0. The van der Waals surface area contributed by atoms with Gasteiger partial charge >= 0.3 is 0 Å². The summed E-state index contributed by atoms with van der Waals surface area (Å²) in [4.78, 5) is 14.3. The van der Waals surface area contributed by atoms with E-state index in [9.17, 15) is 4.79 Å². The second-order valence-electron chi connectivity index (χ2n) is 5.48. The maximum atomic E-state index is 12.1. The number of anilines is 1. The fraction of sp³-hybridized carbons (Fsp3) is 0.533. The smallest absolute Gasteiger partial charge is 0.238 e. The Morgan fingerprint density at radius 1 is 1.48 bits per heavy atom. The van der Waals surface area contributed by atoms with Crippen molar-refractivity contribution < 1.29 is 4.79 Å². The molecule has 0 radical (unpaired) electrons. The molecule has 1 aliphatic rings. The fourth-order valence-electron chi connectivity index (χ4n) is 2.63. The van der Waals surface area contributed by atoms with Crippen LogP contribution in [-0.2, 0) is 4.79 Å². The third kappa shape index (κ3) is 5.58. The van der Waals surface area contributed by atoms with E-state index in [2.05, 4.69) is 31.5 Å². The number of likely N-dealkylation sites (tertiary alicyclic amines) is 1. The molecule has 1 aromatic carbocycles. The van der Waals surface area contributed by atoms with E-state index >= 15 is 0 Å². The number of nitrogens with zero attached hydrogens (tertiary/aromatic N) is 1. The predicted molar refractivity (Wildman–Crippen MR) is 93.2 cm³/mol. The Morgan fingerprint density at radius 2 is 2.24 bits per heavy atom. The highest BCUT2D eigenvalue weighted by Crippen LogP contribution is 2.23. The summed E-state index contributed by atoms with van der Waals surface area (Å²) in [6, 6.07) is 5.94. The van der Waals surface area contributed by atoms with Crippen LogP contribution in [0.4, 0.5) is 5.69 Å². The van der Waals surface area contributed by atoms with Gasteiger partial charge in [-0.2, -0.15) is 0 Å². The van der Waals surface area contributed by atoms with Crippen LogP contribution < -0.4 is 10.6 Å². The van der Waals surface area contributed by atoms with Gasteiger partial charge in [-0.3, -0.25) is 9.69 Å². The minimum Gasteiger partial charge on any atom is -0.324 e. The van der Waals surface area contributed by atoms with Gasteiger partial charge in [0.15, 0.2) is 0 Å². The highest BCUT2D eigenvalue weighted by molar-refractivity contribution is 9.10. The summed E-state index contributed by atoms with van der Waals surface area (Å²) in [5, 5.41) is 6.17. The van der Waals surface area contributed by atoms with Gasteiger partial charge in [-0.05, 0) is 73.0 Å². The van der Waals surface area contributed by atoms with Crippen LogP contribution in [0.2, 0.25) is 0 Å². The second-order valence-corrected chi connectivity index (χ2v) is 6.33. The third-order valence-electron chi connectivity index (χ3n) is 3.63. The number of amides is 1. The molecule has 2 N–H and O–H groups in total. The Kier molecular flexibility index (Phi) is 7.66. The number of carbonyl (C=O) groups is 1. The molecule has 1 fully saturated rings. The zero-order valence-electron chi connectivity index (χ0n) is 12.5. The van der Waals surface area contributed by atoms with Crippen LogP contribution in [0, 0.1) is 12.8 Å². The van der Waals surface area contributed by atoms with Crippen molar-refractivity contribution >= 4 is 39.9 Å². The molecule has 1 aliphatic heterocycles. The SMILES string of the molecule is CNCC1CCN(CC(=O)Nc2ccc(C)cc2Br)C1.Cl. The zero-order chi connectivity index (χ0) is 14.5. The van der Waals surface area contributed by atoms with E-state index in [1.54, 1.807) is 0 Å².